The first kappa shape index (κ1) is 14.8. The van der Waals surface area contributed by atoms with E-state index in [9.17, 15) is 4.79 Å². The number of hydrogen-bond donors (Lipinski definition) is 1. The summed E-state index contributed by atoms with van der Waals surface area (Å²) in [6, 6.07) is 9.56. The number of fused-ring (bicyclic) bond motifs is 1. The van der Waals surface area contributed by atoms with E-state index in [4.69, 9.17) is 10.5 Å². The minimum Gasteiger partial charge on any atom is -0.497 e. The van der Waals surface area contributed by atoms with Gasteiger partial charge < -0.3 is 15.4 Å². The van der Waals surface area contributed by atoms with Crippen LogP contribution >= 0.6 is 0 Å². The van der Waals surface area contributed by atoms with Crippen LogP contribution in [0.15, 0.2) is 30.3 Å². The molecule has 0 bridgehead atoms. The first-order chi connectivity index (χ1) is 10.6. The number of methoxy groups -OCH3 is 1. The van der Waals surface area contributed by atoms with Gasteiger partial charge in [-0.1, -0.05) is 6.07 Å². The van der Waals surface area contributed by atoms with Crippen molar-refractivity contribution in [3.8, 4) is 5.75 Å². The number of pyridine rings is 1. The predicted octanol–water partition coefficient (Wildman–Crippen LogP) is 2.05. The second-order valence-corrected chi connectivity index (χ2v) is 5.90. The maximum Gasteiger partial charge on any atom is 0.272 e. The minimum absolute atomic E-state index is 0.0128. The summed E-state index contributed by atoms with van der Waals surface area (Å²) in [5, 5.41) is 0.963. The lowest BCUT2D eigenvalue weighted by Crippen LogP contribution is -2.34. The first-order valence-electron chi connectivity index (χ1n) is 7.58. The maximum absolute atomic E-state index is 12.7. The van der Waals surface area contributed by atoms with Gasteiger partial charge in [-0.2, -0.15) is 0 Å². The largest absolute Gasteiger partial charge is 0.497 e. The molecule has 1 aromatic heterocycles. The average Bonchev–Trinajstić information content (AvgIpc) is 2.94. The van der Waals surface area contributed by atoms with E-state index in [1.165, 1.54) is 0 Å². The second kappa shape index (κ2) is 5.93. The van der Waals surface area contributed by atoms with Crippen LogP contribution in [0.3, 0.4) is 0 Å². The summed E-state index contributed by atoms with van der Waals surface area (Å²) in [5.41, 5.74) is 7.02. The van der Waals surface area contributed by atoms with Gasteiger partial charge >= 0.3 is 0 Å². The molecule has 1 aliphatic rings. The van der Waals surface area contributed by atoms with Gasteiger partial charge in [-0.05, 0) is 50.1 Å². The van der Waals surface area contributed by atoms with Crippen molar-refractivity contribution in [3.05, 3.63) is 36.0 Å². The summed E-state index contributed by atoms with van der Waals surface area (Å²) in [6.07, 6.45) is 0.965. The van der Waals surface area contributed by atoms with Crippen molar-refractivity contribution in [2.24, 2.45) is 11.7 Å². The molecule has 0 saturated carbocycles. The Bertz CT molecular complexity index is 701. The molecule has 3 rings (SSSR count). The summed E-state index contributed by atoms with van der Waals surface area (Å²) in [5.74, 6) is 1.16. The smallest absolute Gasteiger partial charge is 0.272 e. The van der Waals surface area contributed by atoms with E-state index in [1.54, 1.807) is 13.2 Å². The third-order valence-corrected chi connectivity index (χ3v) is 4.37. The highest BCUT2D eigenvalue weighted by atomic mass is 16.5. The van der Waals surface area contributed by atoms with Crippen molar-refractivity contribution in [1.82, 2.24) is 9.88 Å². The van der Waals surface area contributed by atoms with Crippen molar-refractivity contribution in [2.45, 2.75) is 19.4 Å². The molecule has 5 heteroatoms. The molecule has 5 nitrogen and oxygen atoms in total. The Morgan fingerprint density at radius 1 is 1.41 bits per heavy atom. The van der Waals surface area contributed by atoms with E-state index in [0.29, 0.717) is 18.2 Å². The molecule has 2 N–H and O–H groups in total. The zero-order valence-corrected chi connectivity index (χ0v) is 13.0. The molecule has 0 spiro atoms. The Kier molecular flexibility index (Phi) is 3.98. The molecule has 22 heavy (non-hydrogen) atoms. The SMILES string of the molecule is COc1ccc2nc(C(=O)N3CC(CN)CC3C)ccc2c1. The number of hydrogen-bond acceptors (Lipinski definition) is 4. The van der Waals surface area contributed by atoms with Gasteiger partial charge in [0.25, 0.3) is 5.91 Å². The van der Waals surface area contributed by atoms with Gasteiger partial charge in [-0.3, -0.25) is 4.79 Å². The van der Waals surface area contributed by atoms with Crippen molar-refractivity contribution >= 4 is 16.8 Å². The molecule has 1 aromatic carbocycles. The molecular weight excluding hydrogens is 278 g/mol. The molecule has 2 unspecified atom stereocenters. The number of nitrogens with two attached hydrogens (primary N) is 1. The number of benzene rings is 1. The lowest BCUT2D eigenvalue weighted by atomic mass is 10.1. The van der Waals surface area contributed by atoms with Gasteiger partial charge in [0, 0.05) is 18.0 Å². The number of rotatable bonds is 3. The van der Waals surface area contributed by atoms with Gasteiger partial charge in [-0.25, -0.2) is 4.98 Å². The fourth-order valence-electron chi connectivity index (χ4n) is 3.09. The summed E-state index contributed by atoms with van der Waals surface area (Å²) < 4.78 is 5.20. The number of nitrogens with zero attached hydrogens (tertiary/aromatic N) is 2. The Morgan fingerprint density at radius 3 is 2.91 bits per heavy atom. The normalized spacial score (nSPS) is 21.3. The summed E-state index contributed by atoms with van der Waals surface area (Å²) in [7, 11) is 1.63. The molecule has 1 fully saturated rings. The van der Waals surface area contributed by atoms with Crippen LogP contribution in [0, 0.1) is 5.92 Å². The average molecular weight is 299 g/mol. The first-order valence-corrected chi connectivity index (χ1v) is 7.58. The lowest BCUT2D eigenvalue weighted by Gasteiger charge is -2.21. The van der Waals surface area contributed by atoms with E-state index in [2.05, 4.69) is 11.9 Å². The van der Waals surface area contributed by atoms with Crippen molar-refractivity contribution < 1.29 is 9.53 Å². The van der Waals surface area contributed by atoms with Gasteiger partial charge in [0.2, 0.25) is 0 Å². The van der Waals surface area contributed by atoms with Crippen LogP contribution in [-0.4, -0.2) is 42.0 Å². The molecule has 2 heterocycles. The van der Waals surface area contributed by atoms with Gasteiger partial charge in [0.1, 0.15) is 11.4 Å². The number of carbonyl (C=O) groups excluding carboxylic acids is 1. The maximum atomic E-state index is 12.7. The van der Waals surface area contributed by atoms with Crippen LogP contribution in [0.1, 0.15) is 23.8 Å². The monoisotopic (exact) mass is 299 g/mol. The number of carbonyl (C=O) groups is 1. The Balaban J connectivity index is 1.88. The zero-order chi connectivity index (χ0) is 15.7. The summed E-state index contributed by atoms with van der Waals surface area (Å²) in [6.45, 7) is 3.41. The Morgan fingerprint density at radius 2 is 2.23 bits per heavy atom. The van der Waals surface area contributed by atoms with Crippen LogP contribution in [-0.2, 0) is 0 Å². The quantitative estimate of drug-likeness (QED) is 0.942. The zero-order valence-electron chi connectivity index (χ0n) is 13.0. The molecule has 1 saturated heterocycles. The number of amides is 1. The standard InChI is InChI=1S/C17H21N3O2/c1-11-7-12(9-18)10-20(11)17(21)16-5-3-13-8-14(22-2)4-6-15(13)19-16/h3-6,8,11-12H,7,9-10,18H2,1-2H3. The third-order valence-electron chi connectivity index (χ3n) is 4.37. The van der Waals surface area contributed by atoms with Crippen LogP contribution in [0.4, 0.5) is 0 Å². The van der Waals surface area contributed by atoms with Gasteiger partial charge in [-0.15, -0.1) is 0 Å². The van der Waals surface area contributed by atoms with Crippen molar-refractivity contribution in [3.63, 3.8) is 0 Å². The minimum atomic E-state index is -0.0128. The lowest BCUT2D eigenvalue weighted by molar-refractivity contribution is 0.0738. The number of aromatic nitrogens is 1. The topological polar surface area (TPSA) is 68.5 Å². The molecule has 0 aliphatic carbocycles. The highest BCUT2D eigenvalue weighted by molar-refractivity contribution is 5.95. The van der Waals surface area contributed by atoms with Gasteiger partial charge in [0.15, 0.2) is 0 Å². The predicted molar refractivity (Wildman–Crippen MR) is 86.0 cm³/mol. The Hall–Kier alpha value is -2.14. The molecular formula is C17H21N3O2. The summed E-state index contributed by atoms with van der Waals surface area (Å²) in [4.78, 5) is 19.1. The second-order valence-electron chi connectivity index (χ2n) is 5.90. The molecule has 2 atom stereocenters. The number of likely N-dealkylation sites (tertiary alicyclic amines) is 1. The molecule has 0 radical (unpaired) electrons. The Labute approximate surface area is 130 Å². The van der Waals surface area contributed by atoms with E-state index in [-0.39, 0.29) is 11.9 Å². The van der Waals surface area contributed by atoms with Crippen molar-refractivity contribution in [2.75, 3.05) is 20.2 Å². The summed E-state index contributed by atoms with van der Waals surface area (Å²) >= 11 is 0. The van der Waals surface area contributed by atoms with E-state index < -0.39 is 0 Å². The molecule has 1 amide bonds. The highest BCUT2D eigenvalue weighted by Gasteiger charge is 2.32. The van der Waals surface area contributed by atoms with Crippen molar-refractivity contribution in [1.29, 1.82) is 0 Å². The van der Waals surface area contributed by atoms with Crippen LogP contribution in [0.25, 0.3) is 10.9 Å². The van der Waals surface area contributed by atoms with Crippen LogP contribution in [0.5, 0.6) is 5.75 Å². The molecule has 1 aliphatic heterocycles. The van der Waals surface area contributed by atoms with Gasteiger partial charge in [0.05, 0.1) is 12.6 Å². The third kappa shape index (κ3) is 2.64. The molecule has 116 valence electrons. The van der Waals surface area contributed by atoms with Crippen LogP contribution in [0.2, 0.25) is 0 Å². The fraction of sp³-hybridized carbons (Fsp3) is 0.412. The highest BCUT2D eigenvalue weighted by Crippen LogP contribution is 2.25. The van der Waals surface area contributed by atoms with Crippen LogP contribution < -0.4 is 10.5 Å². The fourth-order valence-corrected chi connectivity index (χ4v) is 3.09. The number of ether oxygens (including phenoxy) is 1. The molecule has 2 aromatic rings. The van der Waals surface area contributed by atoms with E-state index in [1.807, 2.05) is 29.2 Å². The van der Waals surface area contributed by atoms with E-state index in [0.717, 1.165) is 29.6 Å². The van der Waals surface area contributed by atoms with E-state index >= 15 is 0 Å².